The summed E-state index contributed by atoms with van der Waals surface area (Å²) in [5.74, 6) is 0.561. The molecule has 3 aromatic rings. The first kappa shape index (κ1) is 22.2. The van der Waals surface area contributed by atoms with Gasteiger partial charge in [0.2, 0.25) is 0 Å². The lowest BCUT2D eigenvalue weighted by Crippen LogP contribution is -2.02. The Kier molecular flexibility index (Phi) is 7.20. The van der Waals surface area contributed by atoms with Crippen molar-refractivity contribution >= 4 is 39.9 Å². The van der Waals surface area contributed by atoms with E-state index in [0.717, 1.165) is 3.57 Å². The molecule has 0 aliphatic rings. The van der Waals surface area contributed by atoms with Crippen LogP contribution in [0.4, 0.5) is 10.1 Å². The van der Waals surface area contributed by atoms with E-state index >= 15 is 0 Å². The standard InChI is InChI=1S/C23H16FIN2O4/c1-30-22-12-15(10-18(13-26)16-6-8-19(9-7-16)27(28)29)11-21(25)23(22)31-14-17-4-2-3-5-20(17)24/h2-12H,14H2,1H3/b18-10-. The van der Waals surface area contributed by atoms with Crippen LogP contribution in [-0.4, -0.2) is 12.0 Å². The topological polar surface area (TPSA) is 85.4 Å². The zero-order valence-electron chi connectivity index (χ0n) is 16.3. The Labute approximate surface area is 191 Å². The number of nitro benzene ring substituents is 1. The smallest absolute Gasteiger partial charge is 0.269 e. The van der Waals surface area contributed by atoms with Crippen LogP contribution in [0.3, 0.4) is 0 Å². The van der Waals surface area contributed by atoms with Gasteiger partial charge in [0.05, 0.1) is 27.2 Å². The number of hydrogen-bond acceptors (Lipinski definition) is 5. The van der Waals surface area contributed by atoms with Gasteiger partial charge in [0.15, 0.2) is 11.5 Å². The van der Waals surface area contributed by atoms with Crippen LogP contribution in [0.2, 0.25) is 0 Å². The average molecular weight is 530 g/mol. The number of hydrogen-bond donors (Lipinski definition) is 0. The van der Waals surface area contributed by atoms with Gasteiger partial charge in [0.25, 0.3) is 5.69 Å². The number of nitro groups is 1. The Morgan fingerprint density at radius 1 is 1.23 bits per heavy atom. The van der Waals surface area contributed by atoms with Crippen molar-refractivity contribution in [2.45, 2.75) is 6.61 Å². The van der Waals surface area contributed by atoms with Gasteiger partial charge >= 0.3 is 0 Å². The van der Waals surface area contributed by atoms with Gasteiger partial charge in [0, 0.05) is 17.7 Å². The molecule has 0 aromatic heterocycles. The van der Waals surface area contributed by atoms with Crippen LogP contribution in [0.5, 0.6) is 11.5 Å². The predicted molar refractivity (Wildman–Crippen MR) is 123 cm³/mol. The van der Waals surface area contributed by atoms with Gasteiger partial charge in [-0.15, -0.1) is 0 Å². The lowest BCUT2D eigenvalue weighted by Gasteiger charge is -2.14. The molecule has 0 fully saturated rings. The van der Waals surface area contributed by atoms with E-state index < -0.39 is 4.92 Å². The summed E-state index contributed by atoms with van der Waals surface area (Å²) in [7, 11) is 1.50. The maximum absolute atomic E-state index is 13.9. The number of nitrogens with zero attached hydrogens (tertiary/aromatic N) is 2. The maximum Gasteiger partial charge on any atom is 0.269 e. The fraction of sp³-hybridized carbons (Fsp3) is 0.0870. The van der Waals surface area contributed by atoms with E-state index in [-0.39, 0.29) is 18.1 Å². The van der Waals surface area contributed by atoms with Crippen LogP contribution in [0.1, 0.15) is 16.7 Å². The zero-order chi connectivity index (χ0) is 22.4. The van der Waals surface area contributed by atoms with Crippen molar-refractivity contribution in [3.63, 3.8) is 0 Å². The normalized spacial score (nSPS) is 11.0. The zero-order valence-corrected chi connectivity index (χ0v) is 18.5. The number of ether oxygens (including phenoxy) is 2. The molecular weight excluding hydrogens is 514 g/mol. The minimum Gasteiger partial charge on any atom is -0.493 e. The van der Waals surface area contributed by atoms with E-state index in [1.54, 1.807) is 30.3 Å². The Hall–Kier alpha value is -3.45. The number of methoxy groups -OCH3 is 1. The highest BCUT2D eigenvalue weighted by atomic mass is 127. The molecule has 0 saturated heterocycles. The summed E-state index contributed by atoms with van der Waals surface area (Å²) in [4.78, 5) is 10.3. The fourth-order valence-electron chi connectivity index (χ4n) is 2.84. The molecule has 3 aromatic carbocycles. The van der Waals surface area contributed by atoms with Crippen LogP contribution in [0.15, 0.2) is 60.7 Å². The molecule has 0 radical (unpaired) electrons. The van der Waals surface area contributed by atoms with Crippen molar-refractivity contribution in [3.8, 4) is 17.6 Å². The van der Waals surface area contributed by atoms with Crippen molar-refractivity contribution in [3.05, 3.63) is 96.9 Å². The van der Waals surface area contributed by atoms with Gasteiger partial charge in [-0.2, -0.15) is 5.26 Å². The van der Waals surface area contributed by atoms with Gasteiger partial charge in [-0.1, -0.05) is 18.2 Å². The number of non-ortho nitro benzene ring substituents is 1. The van der Waals surface area contributed by atoms with Gasteiger partial charge in [0.1, 0.15) is 12.4 Å². The van der Waals surface area contributed by atoms with Crippen LogP contribution >= 0.6 is 22.6 Å². The molecule has 6 nitrogen and oxygen atoms in total. The van der Waals surface area contributed by atoms with Crippen molar-refractivity contribution in [1.29, 1.82) is 5.26 Å². The fourth-order valence-corrected chi connectivity index (χ4v) is 3.62. The van der Waals surface area contributed by atoms with Crippen LogP contribution in [-0.2, 0) is 6.61 Å². The number of nitriles is 1. The molecule has 0 saturated carbocycles. The molecule has 3 rings (SSSR count). The molecule has 8 heteroatoms. The highest BCUT2D eigenvalue weighted by Gasteiger charge is 2.14. The Morgan fingerprint density at radius 2 is 1.94 bits per heavy atom. The molecule has 156 valence electrons. The SMILES string of the molecule is COc1cc(/C=C(/C#N)c2ccc([N+](=O)[O-])cc2)cc(I)c1OCc1ccccc1F. The van der Waals surface area contributed by atoms with Gasteiger partial charge in [-0.25, -0.2) is 4.39 Å². The highest BCUT2D eigenvalue weighted by Crippen LogP contribution is 2.36. The molecule has 0 unspecified atom stereocenters. The lowest BCUT2D eigenvalue weighted by molar-refractivity contribution is -0.384. The average Bonchev–Trinajstić information content (AvgIpc) is 2.77. The Balaban J connectivity index is 1.89. The van der Waals surface area contributed by atoms with E-state index in [9.17, 15) is 19.8 Å². The second kappa shape index (κ2) is 10.0. The number of allylic oxidation sites excluding steroid dienone is 1. The molecule has 0 aliphatic carbocycles. The van der Waals surface area contributed by atoms with Crippen molar-refractivity contribution in [1.82, 2.24) is 0 Å². The molecule has 0 amide bonds. The monoisotopic (exact) mass is 530 g/mol. The first-order valence-corrected chi connectivity index (χ1v) is 10.1. The van der Waals surface area contributed by atoms with Crippen LogP contribution in [0.25, 0.3) is 11.6 Å². The quantitative estimate of drug-likeness (QED) is 0.123. The summed E-state index contributed by atoms with van der Waals surface area (Å²) < 4.78 is 25.8. The Bertz CT molecular complexity index is 1190. The third-order valence-electron chi connectivity index (χ3n) is 4.40. The largest absolute Gasteiger partial charge is 0.493 e. The van der Waals surface area contributed by atoms with Crippen LogP contribution < -0.4 is 9.47 Å². The maximum atomic E-state index is 13.9. The van der Waals surface area contributed by atoms with Gasteiger partial charge in [-0.3, -0.25) is 10.1 Å². The van der Waals surface area contributed by atoms with E-state index in [4.69, 9.17) is 9.47 Å². The predicted octanol–water partition coefficient (Wildman–Crippen LogP) is 5.99. The number of halogens is 2. The Morgan fingerprint density at radius 3 is 2.55 bits per heavy atom. The first-order chi connectivity index (χ1) is 14.9. The minimum absolute atomic E-state index is 0.0421. The molecule has 0 spiro atoms. The summed E-state index contributed by atoms with van der Waals surface area (Å²) in [6, 6.07) is 17.8. The molecular formula is C23H16FIN2O4. The number of rotatable bonds is 7. The summed E-state index contributed by atoms with van der Waals surface area (Å²) in [6.07, 6.45) is 1.66. The minimum atomic E-state index is -0.493. The molecule has 0 heterocycles. The van der Waals surface area contributed by atoms with Crippen LogP contribution in [0, 0.1) is 30.8 Å². The first-order valence-electron chi connectivity index (χ1n) is 9.03. The van der Waals surface area contributed by atoms with Gasteiger partial charge < -0.3 is 9.47 Å². The highest BCUT2D eigenvalue weighted by molar-refractivity contribution is 14.1. The molecule has 0 aliphatic heterocycles. The molecule has 0 bridgehead atoms. The second-order valence-electron chi connectivity index (χ2n) is 6.39. The summed E-state index contributed by atoms with van der Waals surface area (Å²) in [5, 5.41) is 20.4. The van der Waals surface area contributed by atoms with Crippen molar-refractivity contribution in [2.75, 3.05) is 7.11 Å². The third-order valence-corrected chi connectivity index (χ3v) is 5.20. The number of benzene rings is 3. The van der Waals surface area contributed by atoms with E-state index in [2.05, 4.69) is 28.7 Å². The lowest BCUT2D eigenvalue weighted by atomic mass is 10.0. The summed E-state index contributed by atoms with van der Waals surface area (Å²) in [6.45, 7) is 0.0421. The van der Waals surface area contributed by atoms with Gasteiger partial charge in [-0.05, 0) is 70.1 Å². The second-order valence-corrected chi connectivity index (χ2v) is 7.55. The molecule has 31 heavy (non-hydrogen) atoms. The van der Waals surface area contributed by atoms with Crippen molar-refractivity contribution in [2.24, 2.45) is 0 Å². The molecule has 0 atom stereocenters. The van der Waals surface area contributed by atoms with E-state index in [1.807, 2.05) is 6.07 Å². The summed E-state index contributed by atoms with van der Waals surface area (Å²) >= 11 is 2.09. The van der Waals surface area contributed by atoms with E-state index in [1.165, 1.54) is 37.4 Å². The molecule has 0 N–H and O–H groups in total. The summed E-state index contributed by atoms with van der Waals surface area (Å²) in [5.41, 5.74) is 1.96. The van der Waals surface area contributed by atoms with Crippen molar-refractivity contribution < 1.29 is 18.8 Å². The van der Waals surface area contributed by atoms with E-state index in [0.29, 0.717) is 33.8 Å². The third kappa shape index (κ3) is 5.38.